The molecule has 0 bridgehead atoms. The van der Waals surface area contributed by atoms with Crippen LogP contribution in [0.5, 0.6) is 0 Å². The summed E-state index contributed by atoms with van der Waals surface area (Å²) >= 11 is 6.01. The maximum absolute atomic E-state index is 13.2. The molecule has 8 heteroatoms. The Bertz CT molecular complexity index is 675. The second-order valence-corrected chi connectivity index (χ2v) is 6.19. The van der Waals surface area contributed by atoms with Crippen molar-refractivity contribution in [3.63, 3.8) is 0 Å². The minimum atomic E-state index is -4.93. The Labute approximate surface area is 135 Å². The van der Waals surface area contributed by atoms with Crippen LogP contribution < -0.4 is 0 Å². The molecule has 1 aromatic carbocycles. The lowest BCUT2D eigenvalue weighted by molar-refractivity contribution is -0.227. The second kappa shape index (κ2) is 5.70. The van der Waals surface area contributed by atoms with Gasteiger partial charge in [-0.05, 0) is 43.5 Å². The van der Waals surface area contributed by atoms with Crippen molar-refractivity contribution in [1.29, 1.82) is 0 Å². The van der Waals surface area contributed by atoms with Gasteiger partial charge in [0.25, 0.3) is 5.91 Å². The van der Waals surface area contributed by atoms with Crippen LogP contribution in [0.25, 0.3) is 0 Å². The highest BCUT2D eigenvalue weighted by Gasteiger charge is 2.64. The molecule has 1 fully saturated rings. The van der Waals surface area contributed by atoms with Crippen molar-refractivity contribution >= 4 is 23.5 Å². The fraction of sp³-hybridized carbons (Fsp3) is 0.467. The fourth-order valence-electron chi connectivity index (χ4n) is 2.63. The molecule has 1 aliphatic heterocycles. The molecule has 1 saturated heterocycles. The lowest BCUT2D eigenvalue weighted by Gasteiger charge is -2.27. The minimum Gasteiger partial charge on any atom is -0.481 e. The first-order chi connectivity index (χ1) is 10.5. The van der Waals surface area contributed by atoms with Gasteiger partial charge in [-0.2, -0.15) is 13.2 Å². The van der Waals surface area contributed by atoms with Crippen LogP contribution in [0.3, 0.4) is 0 Å². The van der Waals surface area contributed by atoms with Crippen LogP contribution in [0.4, 0.5) is 13.2 Å². The minimum absolute atomic E-state index is 0.0816. The molecule has 0 spiro atoms. The summed E-state index contributed by atoms with van der Waals surface area (Å²) in [6, 6.07) is 3.07. The van der Waals surface area contributed by atoms with Gasteiger partial charge in [-0.3, -0.25) is 9.59 Å². The van der Waals surface area contributed by atoms with Crippen LogP contribution in [0.2, 0.25) is 5.02 Å². The third kappa shape index (κ3) is 2.89. The van der Waals surface area contributed by atoms with E-state index in [1.807, 2.05) is 0 Å². The molecule has 0 aromatic heterocycles. The molecule has 1 N–H and O–H groups in total. The van der Waals surface area contributed by atoms with Crippen LogP contribution in [-0.4, -0.2) is 41.1 Å². The van der Waals surface area contributed by atoms with E-state index in [1.54, 1.807) is 19.9 Å². The van der Waals surface area contributed by atoms with Crippen molar-refractivity contribution in [2.45, 2.75) is 26.4 Å². The van der Waals surface area contributed by atoms with Crippen molar-refractivity contribution in [1.82, 2.24) is 4.90 Å². The van der Waals surface area contributed by atoms with Crippen LogP contribution in [0.1, 0.15) is 27.9 Å². The SMILES string of the molecule is Cc1cc(Cl)c(C(=O)N2CCC(C(=O)O)(C(F)(F)F)C2)cc1C. The summed E-state index contributed by atoms with van der Waals surface area (Å²) in [7, 11) is 0. The molecule has 126 valence electrons. The number of rotatable bonds is 2. The van der Waals surface area contributed by atoms with E-state index in [9.17, 15) is 22.8 Å². The van der Waals surface area contributed by atoms with E-state index >= 15 is 0 Å². The van der Waals surface area contributed by atoms with Gasteiger partial charge >= 0.3 is 12.1 Å². The van der Waals surface area contributed by atoms with Crippen LogP contribution in [0.15, 0.2) is 12.1 Å². The first-order valence-corrected chi connectivity index (χ1v) is 7.23. The highest BCUT2D eigenvalue weighted by molar-refractivity contribution is 6.34. The van der Waals surface area contributed by atoms with Crippen LogP contribution in [-0.2, 0) is 4.79 Å². The average Bonchev–Trinajstić information content (AvgIpc) is 2.88. The number of aliphatic carboxylic acids is 1. The lowest BCUT2D eigenvalue weighted by atomic mass is 9.86. The van der Waals surface area contributed by atoms with Gasteiger partial charge in [0.15, 0.2) is 5.41 Å². The first kappa shape index (κ1) is 17.6. The van der Waals surface area contributed by atoms with E-state index < -0.39 is 36.4 Å². The van der Waals surface area contributed by atoms with Gasteiger partial charge < -0.3 is 10.0 Å². The van der Waals surface area contributed by atoms with Crippen molar-refractivity contribution in [2.24, 2.45) is 5.41 Å². The standard InChI is InChI=1S/C15H15ClF3NO3/c1-8-5-10(11(16)6-9(8)2)12(21)20-4-3-14(7-20,13(22)23)15(17,18)19/h5-6H,3-4,7H2,1-2H3,(H,22,23). The van der Waals surface area contributed by atoms with Crippen molar-refractivity contribution < 1.29 is 27.9 Å². The molecule has 23 heavy (non-hydrogen) atoms. The molecule has 4 nitrogen and oxygen atoms in total. The Balaban J connectivity index is 2.33. The molecule has 1 atom stereocenters. The third-order valence-corrected chi connectivity index (χ3v) is 4.64. The second-order valence-electron chi connectivity index (χ2n) is 5.78. The molecule has 1 unspecified atom stereocenters. The van der Waals surface area contributed by atoms with Gasteiger partial charge in [0.1, 0.15) is 0 Å². The predicted octanol–water partition coefficient (Wildman–Crippen LogP) is 3.44. The average molecular weight is 350 g/mol. The fourth-order valence-corrected chi connectivity index (χ4v) is 2.92. The van der Waals surface area contributed by atoms with E-state index in [2.05, 4.69) is 0 Å². The maximum Gasteiger partial charge on any atom is 0.406 e. The zero-order valence-electron chi connectivity index (χ0n) is 12.5. The summed E-state index contributed by atoms with van der Waals surface area (Å²) < 4.78 is 39.5. The number of hydrogen-bond acceptors (Lipinski definition) is 2. The van der Waals surface area contributed by atoms with Crippen LogP contribution >= 0.6 is 11.6 Å². The number of nitrogens with zero attached hydrogens (tertiary/aromatic N) is 1. The van der Waals surface area contributed by atoms with Crippen molar-refractivity contribution in [3.05, 3.63) is 33.8 Å². The third-order valence-electron chi connectivity index (χ3n) is 4.32. The molecule has 0 aliphatic carbocycles. The van der Waals surface area contributed by atoms with Crippen molar-refractivity contribution in [3.8, 4) is 0 Å². The molecule has 2 rings (SSSR count). The van der Waals surface area contributed by atoms with Gasteiger partial charge in [0.2, 0.25) is 0 Å². The van der Waals surface area contributed by atoms with E-state index in [0.29, 0.717) is 0 Å². The molecule has 1 aromatic rings. The number of carbonyl (C=O) groups is 2. The molecule has 1 heterocycles. The van der Waals surface area contributed by atoms with Gasteiger partial charge in [-0.1, -0.05) is 11.6 Å². The summed E-state index contributed by atoms with van der Waals surface area (Å²) in [5.74, 6) is -2.66. The number of amides is 1. The summed E-state index contributed by atoms with van der Waals surface area (Å²) in [5.41, 5.74) is -1.21. The number of likely N-dealkylation sites (tertiary alicyclic amines) is 1. The van der Waals surface area contributed by atoms with Gasteiger partial charge in [-0.15, -0.1) is 0 Å². The number of carboxylic acids is 1. The normalized spacial score (nSPS) is 21.6. The largest absolute Gasteiger partial charge is 0.481 e. The van der Waals surface area contributed by atoms with E-state index in [1.165, 1.54) is 6.07 Å². The number of halogens is 4. The maximum atomic E-state index is 13.2. The number of aryl methyl sites for hydroxylation is 2. The number of carboxylic acid groups (broad SMARTS) is 1. The Morgan fingerprint density at radius 2 is 1.83 bits per heavy atom. The summed E-state index contributed by atoms with van der Waals surface area (Å²) in [5, 5.41) is 9.16. The first-order valence-electron chi connectivity index (χ1n) is 6.86. The molecule has 1 amide bonds. The Hall–Kier alpha value is -1.76. The van der Waals surface area contributed by atoms with E-state index in [0.717, 1.165) is 16.0 Å². The molecule has 1 aliphatic rings. The van der Waals surface area contributed by atoms with Crippen molar-refractivity contribution in [2.75, 3.05) is 13.1 Å². The molecular weight excluding hydrogens is 335 g/mol. The summed E-state index contributed by atoms with van der Waals surface area (Å²) in [6.45, 7) is 2.36. The van der Waals surface area contributed by atoms with Crippen LogP contribution in [0, 0.1) is 19.3 Å². The van der Waals surface area contributed by atoms with E-state index in [4.69, 9.17) is 16.7 Å². The zero-order valence-corrected chi connectivity index (χ0v) is 13.3. The molecular formula is C15H15ClF3NO3. The Morgan fingerprint density at radius 3 is 2.30 bits per heavy atom. The predicted molar refractivity (Wildman–Crippen MR) is 77.6 cm³/mol. The Morgan fingerprint density at radius 1 is 1.26 bits per heavy atom. The van der Waals surface area contributed by atoms with E-state index in [-0.39, 0.29) is 17.1 Å². The number of alkyl halides is 3. The zero-order chi connectivity index (χ0) is 17.6. The van der Waals surface area contributed by atoms with Gasteiger partial charge in [0, 0.05) is 13.1 Å². The molecule has 0 radical (unpaired) electrons. The topological polar surface area (TPSA) is 57.6 Å². The number of hydrogen-bond donors (Lipinski definition) is 1. The summed E-state index contributed by atoms with van der Waals surface area (Å²) in [6.07, 6.45) is -5.60. The summed E-state index contributed by atoms with van der Waals surface area (Å²) in [4.78, 5) is 24.5. The highest BCUT2D eigenvalue weighted by atomic mass is 35.5. The Kier molecular flexibility index (Phi) is 4.36. The van der Waals surface area contributed by atoms with Gasteiger partial charge in [-0.25, -0.2) is 0 Å². The monoisotopic (exact) mass is 349 g/mol. The van der Waals surface area contributed by atoms with Gasteiger partial charge in [0.05, 0.1) is 10.6 Å². The highest BCUT2D eigenvalue weighted by Crippen LogP contribution is 2.46. The smallest absolute Gasteiger partial charge is 0.406 e. The molecule has 0 saturated carbocycles. The quantitative estimate of drug-likeness (QED) is 0.890. The number of benzene rings is 1. The lowest BCUT2D eigenvalue weighted by Crippen LogP contribution is -2.47. The number of carbonyl (C=O) groups excluding carboxylic acids is 1.